The Kier molecular flexibility index (Phi) is 2.83. The molecule has 1 rings (SSSR count). The van der Waals surface area contributed by atoms with E-state index < -0.39 is 12.1 Å². The van der Waals surface area contributed by atoms with Crippen LogP contribution in [-0.4, -0.2) is 35.5 Å². The van der Waals surface area contributed by atoms with Crippen LogP contribution < -0.4 is 0 Å². The Morgan fingerprint density at radius 2 is 2.42 bits per heavy atom. The van der Waals surface area contributed by atoms with Crippen molar-refractivity contribution in [1.29, 1.82) is 0 Å². The van der Waals surface area contributed by atoms with Crippen LogP contribution in [0.5, 0.6) is 0 Å². The summed E-state index contributed by atoms with van der Waals surface area (Å²) < 4.78 is 4.93. The maximum absolute atomic E-state index is 10.5. The Labute approximate surface area is 70.5 Å². The first-order valence-electron chi connectivity index (χ1n) is 3.78. The smallest absolute Gasteiger partial charge is 0.331 e. The van der Waals surface area contributed by atoms with E-state index in [0.717, 1.165) is 0 Å². The van der Waals surface area contributed by atoms with Crippen LogP contribution in [0, 0.1) is 0 Å². The normalized spacial score (nSPS) is 29.7. The van der Waals surface area contributed by atoms with Crippen molar-refractivity contribution in [2.75, 3.05) is 7.11 Å². The van der Waals surface area contributed by atoms with E-state index in [-0.39, 0.29) is 12.5 Å². The van der Waals surface area contributed by atoms with E-state index >= 15 is 0 Å². The third-order valence-corrected chi connectivity index (χ3v) is 2.03. The molecule has 0 heterocycles. The summed E-state index contributed by atoms with van der Waals surface area (Å²) in [6.07, 6.45) is 1.24. The van der Waals surface area contributed by atoms with Gasteiger partial charge in [0.1, 0.15) is 0 Å². The van der Waals surface area contributed by atoms with Gasteiger partial charge < -0.3 is 14.9 Å². The molecule has 12 heavy (non-hydrogen) atoms. The average molecular weight is 172 g/mol. The second-order valence-electron chi connectivity index (χ2n) is 2.82. The van der Waals surface area contributed by atoms with Crippen molar-refractivity contribution in [1.82, 2.24) is 0 Å². The number of carboxylic acid groups (broad SMARTS) is 1. The van der Waals surface area contributed by atoms with E-state index in [0.29, 0.717) is 12.0 Å². The van der Waals surface area contributed by atoms with E-state index in [1.807, 2.05) is 0 Å². The van der Waals surface area contributed by atoms with Gasteiger partial charge in [-0.2, -0.15) is 0 Å². The van der Waals surface area contributed by atoms with Crippen LogP contribution >= 0.6 is 0 Å². The topological polar surface area (TPSA) is 66.8 Å². The molecule has 0 saturated carbocycles. The summed E-state index contributed by atoms with van der Waals surface area (Å²) in [6, 6.07) is 0. The van der Waals surface area contributed by atoms with Crippen molar-refractivity contribution in [2.24, 2.45) is 0 Å². The molecule has 0 spiro atoms. The van der Waals surface area contributed by atoms with Crippen LogP contribution in [-0.2, 0) is 9.53 Å². The molecule has 0 aliphatic heterocycles. The van der Waals surface area contributed by atoms with Crippen molar-refractivity contribution >= 4 is 5.97 Å². The number of aliphatic hydroxyl groups is 1. The molecule has 4 nitrogen and oxygen atoms in total. The van der Waals surface area contributed by atoms with Gasteiger partial charge in [0.05, 0.1) is 12.2 Å². The van der Waals surface area contributed by atoms with Crippen LogP contribution in [0.25, 0.3) is 0 Å². The largest absolute Gasteiger partial charge is 0.478 e. The fourth-order valence-corrected chi connectivity index (χ4v) is 1.27. The average Bonchev–Trinajstić information content (AvgIpc) is 2.05. The number of hydrogen-bond donors (Lipinski definition) is 2. The molecular formula is C8H12O4. The highest BCUT2D eigenvalue weighted by molar-refractivity contribution is 5.86. The minimum absolute atomic E-state index is 0.285. The molecule has 0 aromatic heterocycles. The first-order chi connectivity index (χ1) is 5.65. The summed E-state index contributed by atoms with van der Waals surface area (Å²) >= 11 is 0. The standard InChI is InChI=1S/C8H12O4/c1-12-7-4-5(8(10)11)2-3-6(7)9/h2,6-7,9H,3-4H2,1H3,(H,10,11). The molecule has 0 aromatic carbocycles. The second-order valence-corrected chi connectivity index (χ2v) is 2.82. The Morgan fingerprint density at radius 3 is 2.92 bits per heavy atom. The van der Waals surface area contributed by atoms with Gasteiger partial charge in [0.2, 0.25) is 0 Å². The zero-order valence-electron chi connectivity index (χ0n) is 6.86. The summed E-state index contributed by atoms with van der Waals surface area (Å²) in [4.78, 5) is 10.5. The first-order valence-corrected chi connectivity index (χ1v) is 3.78. The summed E-state index contributed by atoms with van der Waals surface area (Å²) in [5.74, 6) is -0.927. The molecular weight excluding hydrogens is 160 g/mol. The van der Waals surface area contributed by atoms with Crippen LogP contribution in [0.3, 0.4) is 0 Å². The number of aliphatic hydroxyl groups excluding tert-OH is 1. The van der Waals surface area contributed by atoms with Gasteiger partial charge in [-0.05, 0) is 6.42 Å². The van der Waals surface area contributed by atoms with Gasteiger partial charge in [-0.3, -0.25) is 0 Å². The summed E-state index contributed by atoms with van der Waals surface area (Å²) in [6.45, 7) is 0. The molecule has 4 heteroatoms. The second kappa shape index (κ2) is 3.69. The Balaban J connectivity index is 2.66. The highest BCUT2D eigenvalue weighted by Crippen LogP contribution is 2.20. The molecule has 2 unspecified atom stereocenters. The molecule has 68 valence electrons. The minimum Gasteiger partial charge on any atom is -0.478 e. The lowest BCUT2D eigenvalue weighted by atomic mass is 9.94. The fourth-order valence-electron chi connectivity index (χ4n) is 1.27. The molecule has 0 radical (unpaired) electrons. The van der Waals surface area contributed by atoms with Crippen molar-refractivity contribution in [3.8, 4) is 0 Å². The monoisotopic (exact) mass is 172 g/mol. The lowest BCUT2D eigenvalue weighted by Gasteiger charge is -2.24. The summed E-state index contributed by atoms with van der Waals surface area (Å²) in [5, 5.41) is 17.9. The number of hydrogen-bond acceptors (Lipinski definition) is 3. The van der Waals surface area contributed by atoms with Crippen molar-refractivity contribution < 1.29 is 19.7 Å². The highest BCUT2D eigenvalue weighted by atomic mass is 16.5. The number of rotatable bonds is 2. The molecule has 2 N–H and O–H groups in total. The van der Waals surface area contributed by atoms with Gasteiger partial charge in [-0.25, -0.2) is 4.79 Å². The third kappa shape index (κ3) is 1.84. The molecule has 1 aliphatic rings. The SMILES string of the molecule is COC1CC(C(=O)O)=CCC1O. The first kappa shape index (κ1) is 9.22. The fraction of sp³-hybridized carbons (Fsp3) is 0.625. The number of carbonyl (C=O) groups is 1. The number of methoxy groups -OCH3 is 1. The van der Waals surface area contributed by atoms with E-state index in [1.54, 1.807) is 6.08 Å². The summed E-state index contributed by atoms with van der Waals surface area (Å²) in [7, 11) is 1.47. The molecule has 0 saturated heterocycles. The van der Waals surface area contributed by atoms with E-state index in [1.165, 1.54) is 7.11 Å². The maximum atomic E-state index is 10.5. The van der Waals surface area contributed by atoms with Crippen molar-refractivity contribution in [2.45, 2.75) is 25.0 Å². The van der Waals surface area contributed by atoms with Crippen LogP contribution in [0.1, 0.15) is 12.8 Å². The van der Waals surface area contributed by atoms with Crippen LogP contribution in [0.15, 0.2) is 11.6 Å². The van der Waals surface area contributed by atoms with Gasteiger partial charge in [0.15, 0.2) is 0 Å². The molecule has 0 amide bonds. The summed E-state index contributed by atoms with van der Waals surface area (Å²) in [5.41, 5.74) is 0.326. The van der Waals surface area contributed by atoms with E-state index in [2.05, 4.69) is 0 Å². The maximum Gasteiger partial charge on any atom is 0.331 e. The van der Waals surface area contributed by atoms with Gasteiger partial charge >= 0.3 is 5.97 Å². The van der Waals surface area contributed by atoms with Gasteiger partial charge in [-0.1, -0.05) is 6.08 Å². The van der Waals surface area contributed by atoms with Crippen molar-refractivity contribution in [3.05, 3.63) is 11.6 Å². The van der Waals surface area contributed by atoms with Crippen LogP contribution in [0.4, 0.5) is 0 Å². The predicted octanol–water partition coefficient (Wildman–Crippen LogP) is 0.167. The van der Waals surface area contributed by atoms with Gasteiger partial charge in [-0.15, -0.1) is 0 Å². The predicted molar refractivity (Wildman–Crippen MR) is 41.8 cm³/mol. The minimum atomic E-state index is -0.927. The van der Waals surface area contributed by atoms with E-state index in [4.69, 9.17) is 9.84 Å². The molecule has 2 atom stereocenters. The zero-order valence-corrected chi connectivity index (χ0v) is 6.86. The number of carboxylic acids is 1. The van der Waals surface area contributed by atoms with Crippen molar-refractivity contribution in [3.63, 3.8) is 0 Å². The quantitative estimate of drug-likeness (QED) is 0.623. The Bertz CT molecular complexity index is 209. The zero-order chi connectivity index (χ0) is 9.14. The van der Waals surface area contributed by atoms with Gasteiger partial charge in [0, 0.05) is 19.1 Å². The van der Waals surface area contributed by atoms with Crippen LogP contribution in [0.2, 0.25) is 0 Å². The third-order valence-electron chi connectivity index (χ3n) is 2.03. The Morgan fingerprint density at radius 1 is 1.75 bits per heavy atom. The molecule has 1 aliphatic carbocycles. The number of aliphatic carboxylic acids is 1. The number of ether oxygens (including phenoxy) is 1. The lowest BCUT2D eigenvalue weighted by Crippen LogP contribution is -2.32. The molecule has 0 fully saturated rings. The molecule has 0 bridgehead atoms. The highest BCUT2D eigenvalue weighted by Gasteiger charge is 2.26. The lowest BCUT2D eigenvalue weighted by molar-refractivity contribution is -0.133. The molecule has 0 aromatic rings. The van der Waals surface area contributed by atoms with Gasteiger partial charge in [0.25, 0.3) is 0 Å². The van der Waals surface area contributed by atoms with E-state index in [9.17, 15) is 9.90 Å². The Hall–Kier alpha value is -0.870.